The molecule has 0 fully saturated rings. The number of hydrogen-bond acceptors (Lipinski definition) is 4. The Bertz CT molecular complexity index is 957. The van der Waals surface area contributed by atoms with Gasteiger partial charge in [0.05, 0.1) is 22.2 Å². The van der Waals surface area contributed by atoms with Gasteiger partial charge >= 0.3 is 5.97 Å². The number of aromatic carboxylic acids is 1. The summed E-state index contributed by atoms with van der Waals surface area (Å²) in [5.74, 6) is -0.750. The number of nitro groups is 1. The van der Waals surface area contributed by atoms with Crippen molar-refractivity contribution in [1.82, 2.24) is 0 Å². The number of halogens is 1. The van der Waals surface area contributed by atoms with Gasteiger partial charge in [0.15, 0.2) is 0 Å². The molecule has 26 heavy (non-hydrogen) atoms. The highest BCUT2D eigenvalue weighted by molar-refractivity contribution is 9.10. The van der Waals surface area contributed by atoms with E-state index in [-0.39, 0.29) is 29.1 Å². The van der Waals surface area contributed by atoms with Gasteiger partial charge in [0.2, 0.25) is 0 Å². The third kappa shape index (κ3) is 2.68. The van der Waals surface area contributed by atoms with Crippen molar-refractivity contribution in [1.29, 1.82) is 0 Å². The molecule has 2 aromatic carbocycles. The number of nitrogens with one attached hydrogen (secondary N) is 1. The normalized spacial score (nSPS) is 23.0. The fourth-order valence-electron chi connectivity index (χ4n) is 3.99. The molecule has 7 heteroatoms. The average molecular weight is 415 g/mol. The van der Waals surface area contributed by atoms with Crippen LogP contribution < -0.4 is 5.32 Å². The van der Waals surface area contributed by atoms with Crippen molar-refractivity contribution < 1.29 is 14.8 Å². The number of allylic oxidation sites excluding steroid dienone is 2. The second-order valence-corrected chi connectivity index (χ2v) is 7.47. The molecule has 1 aliphatic carbocycles. The molecule has 2 aromatic rings. The van der Waals surface area contributed by atoms with Gasteiger partial charge in [-0.25, -0.2) is 4.79 Å². The van der Waals surface area contributed by atoms with Crippen LogP contribution in [0, 0.1) is 16.0 Å². The molecule has 0 bridgehead atoms. The largest absolute Gasteiger partial charge is 0.478 e. The molecule has 2 N–H and O–H groups in total. The van der Waals surface area contributed by atoms with Crippen molar-refractivity contribution in [2.24, 2.45) is 5.92 Å². The van der Waals surface area contributed by atoms with Crippen LogP contribution in [-0.4, -0.2) is 16.0 Å². The molecule has 2 aliphatic rings. The van der Waals surface area contributed by atoms with E-state index in [4.69, 9.17) is 0 Å². The standard InChI is InChI=1S/C19H15BrN2O4/c20-11-8-15-13-5-2-6-14(13)17(21-18(15)16(9-11)19(23)24)10-3-1-4-12(7-10)22(25)26/h1-5,7-9,13-14,17,21H,6H2,(H,23,24)/t13-,14+,17+/m0/s1. The summed E-state index contributed by atoms with van der Waals surface area (Å²) in [7, 11) is 0. The first-order valence-corrected chi connectivity index (χ1v) is 8.99. The van der Waals surface area contributed by atoms with Crippen molar-refractivity contribution >= 4 is 33.3 Å². The van der Waals surface area contributed by atoms with Crippen LogP contribution in [0.5, 0.6) is 0 Å². The molecule has 3 atom stereocenters. The molecule has 0 unspecified atom stereocenters. The lowest BCUT2D eigenvalue weighted by molar-refractivity contribution is -0.384. The smallest absolute Gasteiger partial charge is 0.337 e. The monoisotopic (exact) mass is 414 g/mol. The van der Waals surface area contributed by atoms with Gasteiger partial charge in [0.25, 0.3) is 5.69 Å². The van der Waals surface area contributed by atoms with Gasteiger partial charge in [0, 0.05) is 22.5 Å². The summed E-state index contributed by atoms with van der Waals surface area (Å²) in [6.45, 7) is 0. The van der Waals surface area contributed by atoms with Gasteiger partial charge in [-0.2, -0.15) is 0 Å². The number of rotatable bonds is 3. The van der Waals surface area contributed by atoms with E-state index in [0.29, 0.717) is 5.69 Å². The number of hydrogen-bond donors (Lipinski definition) is 2. The first kappa shape index (κ1) is 16.8. The van der Waals surface area contributed by atoms with Gasteiger partial charge in [0.1, 0.15) is 0 Å². The average Bonchev–Trinajstić information content (AvgIpc) is 3.10. The van der Waals surface area contributed by atoms with Gasteiger partial charge in [-0.3, -0.25) is 10.1 Å². The number of carboxylic acid groups (broad SMARTS) is 1. The van der Waals surface area contributed by atoms with Gasteiger partial charge in [-0.15, -0.1) is 0 Å². The minimum Gasteiger partial charge on any atom is -0.478 e. The van der Waals surface area contributed by atoms with E-state index in [1.807, 2.05) is 12.1 Å². The maximum absolute atomic E-state index is 11.7. The Morgan fingerprint density at radius 1 is 1.31 bits per heavy atom. The molecule has 0 saturated carbocycles. The summed E-state index contributed by atoms with van der Waals surface area (Å²) in [5, 5.41) is 24.1. The molecule has 132 valence electrons. The third-order valence-electron chi connectivity index (χ3n) is 5.10. The number of benzene rings is 2. The molecule has 0 saturated heterocycles. The Kier molecular flexibility index (Phi) is 4.03. The Hall–Kier alpha value is -2.67. The highest BCUT2D eigenvalue weighted by atomic mass is 79.9. The Balaban J connectivity index is 1.85. The van der Waals surface area contributed by atoms with E-state index in [1.54, 1.807) is 18.2 Å². The number of non-ortho nitro benzene ring substituents is 1. The summed E-state index contributed by atoms with van der Waals surface area (Å²) >= 11 is 3.40. The quantitative estimate of drug-likeness (QED) is 0.424. The van der Waals surface area contributed by atoms with Crippen LogP contribution in [0.3, 0.4) is 0 Å². The van der Waals surface area contributed by atoms with Gasteiger partial charge in [-0.05, 0) is 35.6 Å². The first-order valence-electron chi connectivity index (χ1n) is 8.20. The molecular weight excluding hydrogens is 400 g/mol. The van der Waals surface area contributed by atoms with Crippen molar-refractivity contribution in [3.05, 3.63) is 79.8 Å². The minimum atomic E-state index is -1.01. The van der Waals surface area contributed by atoms with E-state index in [2.05, 4.69) is 33.4 Å². The molecule has 1 heterocycles. The van der Waals surface area contributed by atoms with Crippen LogP contribution in [-0.2, 0) is 0 Å². The van der Waals surface area contributed by atoms with Crippen LogP contribution in [0.15, 0.2) is 53.0 Å². The Labute approximate surface area is 157 Å². The molecule has 6 nitrogen and oxygen atoms in total. The van der Waals surface area contributed by atoms with Crippen molar-refractivity contribution in [3.8, 4) is 0 Å². The zero-order chi connectivity index (χ0) is 18.4. The fourth-order valence-corrected chi connectivity index (χ4v) is 4.47. The summed E-state index contributed by atoms with van der Waals surface area (Å²) in [6, 6.07) is 9.89. The zero-order valence-electron chi connectivity index (χ0n) is 13.6. The van der Waals surface area contributed by atoms with E-state index >= 15 is 0 Å². The van der Waals surface area contributed by atoms with Gasteiger partial charge < -0.3 is 10.4 Å². The number of fused-ring (bicyclic) bond motifs is 3. The van der Waals surface area contributed by atoms with Crippen LogP contribution in [0.1, 0.15) is 39.9 Å². The first-order chi connectivity index (χ1) is 12.5. The Morgan fingerprint density at radius 2 is 2.12 bits per heavy atom. The lowest BCUT2D eigenvalue weighted by atomic mass is 9.76. The van der Waals surface area contributed by atoms with E-state index < -0.39 is 10.9 Å². The Morgan fingerprint density at radius 3 is 2.85 bits per heavy atom. The SMILES string of the molecule is O=C(O)c1cc(Br)cc2c1N[C@H](c1cccc([N+](=O)[O-])c1)[C@@H]1CC=C[C@H]21. The molecule has 1 aliphatic heterocycles. The number of nitrogens with zero attached hydrogens (tertiary/aromatic N) is 1. The predicted molar refractivity (Wildman–Crippen MR) is 101 cm³/mol. The zero-order valence-corrected chi connectivity index (χ0v) is 15.1. The van der Waals surface area contributed by atoms with E-state index in [9.17, 15) is 20.0 Å². The molecular formula is C19H15BrN2O4. The van der Waals surface area contributed by atoms with Crippen molar-refractivity contribution in [2.45, 2.75) is 18.4 Å². The lowest BCUT2D eigenvalue weighted by Gasteiger charge is -2.38. The summed E-state index contributed by atoms with van der Waals surface area (Å²) < 4.78 is 0.725. The predicted octanol–water partition coefficient (Wildman–Crippen LogP) is 4.88. The highest BCUT2D eigenvalue weighted by Crippen LogP contribution is 2.51. The van der Waals surface area contributed by atoms with Crippen LogP contribution >= 0.6 is 15.9 Å². The molecule has 0 aromatic heterocycles. The highest BCUT2D eigenvalue weighted by Gasteiger charge is 2.40. The maximum atomic E-state index is 11.7. The number of carboxylic acids is 1. The van der Waals surface area contributed by atoms with Crippen LogP contribution in [0.2, 0.25) is 0 Å². The van der Waals surface area contributed by atoms with E-state index in [0.717, 1.165) is 22.0 Å². The van der Waals surface area contributed by atoms with Crippen molar-refractivity contribution in [3.63, 3.8) is 0 Å². The topological polar surface area (TPSA) is 92.5 Å². The van der Waals surface area contributed by atoms with Gasteiger partial charge in [-0.1, -0.05) is 40.2 Å². The number of nitro benzene ring substituents is 1. The number of anilines is 1. The maximum Gasteiger partial charge on any atom is 0.337 e. The van der Waals surface area contributed by atoms with Crippen LogP contribution in [0.4, 0.5) is 11.4 Å². The summed E-state index contributed by atoms with van der Waals surface area (Å²) in [5.41, 5.74) is 2.56. The number of carbonyl (C=O) groups is 1. The fraction of sp³-hybridized carbons (Fsp3) is 0.211. The third-order valence-corrected chi connectivity index (χ3v) is 5.56. The molecule has 0 spiro atoms. The molecule has 0 radical (unpaired) electrons. The molecule has 0 amide bonds. The summed E-state index contributed by atoms with van der Waals surface area (Å²) in [4.78, 5) is 22.5. The second-order valence-electron chi connectivity index (χ2n) is 6.55. The minimum absolute atomic E-state index is 0.0341. The summed E-state index contributed by atoms with van der Waals surface area (Å²) in [6.07, 6.45) is 5.03. The van der Waals surface area contributed by atoms with Crippen LogP contribution in [0.25, 0.3) is 0 Å². The molecule has 4 rings (SSSR count). The second kappa shape index (κ2) is 6.25. The van der Waals surface area contributed by atoms with E-state index in [1.165, 1.54) is 6.07 Å². The lowest BCUT2D eigenvalue weighted by Crippen LogP contribution is -2.30. The van der Waals surface area contributed by atoms with Crippen molar-refractivity contribution in [2.75, 3.05) is 5.32 Å².